The van der Waals surface area contributed by atoms with Crippen LogP contribution in [0.5, 0.6) is 0 Å². The van der Waals surface area contributed by atoms with Gasteiger partial charge in [-0.1, -0.05) is 88.1 Å². The molecule has 3 aliphatic rings. The number of amides is 5. The first-order valence-electron chi connectivity index (χ1n) is 47.4. The number of aliphatic hydroxyl groups excluding tert-OH is 2. The number of β-amino-alcohol motifs (C(OH)–C–C–N with tert-alkyl or cyclic N) is 1. The monoisotopic (exact) mass is 2390 g/mol. The van der Waals surface area contributed by atoms with Crippen LogP contribution in [0.4, 0.5) is 17.6 Å². The van der Waals surface area contributed by atoms with E-state index in [1.54, 1.807) is 81.8 Å². The van der Waals surface area contributed by atoms with Crippen LogP contribution in [0.3, 0.4) is 0 Å². The third-order valence-corrected chi connectivity index (χ3v) is 33.1. The lowest BCUT2D eigenvalue weighted by Gasteiger charge is -2.16. The Hall–Kier alpha value is -6.06. The Kier molecular flexibility index (Phi) is 60.9. The molecule has 5 amide bonds. The Labute approximate surface area is 939 Å². The molecule has 0 radical (unpaired) electrons. The lowest BCUT2D eigenvalue weighted by Crippen LogP contribution is -2.33. The molecule has 3 fully saturated rings. The number of hydroxylamine groups is 4. The van der Waals surface area contributed by atoms with Crippen LogP contribution in [-0.2, 0) is 28.9 Å². The number of Topliss-reactive ketones (excluding diaryl/α,β-unsaturated/α-hetero) is 6. The Balaban J connectivity index is 0.000000349. The molecule has 0 saturated carbocycles. The van der Waals surface area contributed by atoms with E-state index in [2.05, 4.69) is 37.0 Å². The SMILES string of the molecule is CCC(=O)CCCC(=O)c1cc(C)sc1Cl.CNC(=O)CCC(=O)c1cc(C)sc1Cl.Cc1cc(C(=O)CCCN2CCC(F)(F)C2)c(Cl)s1.Cc1cc(C(=O)CCCN2CCC(F)C2)c(Cl)s1.Cc1cc(C(=O)CCCN2CCC(O)C2)c(Cl)s1.Cc1csc(C(=O)NOCC(C)(C)O)c1C.Cc1csc(C(=O)NOCC(C)(C)O)c1Cl.Cc1csc(C(=O)NOCC(C)(C)O)c1F.Cc1csc(C(=O)NOC[C@H](C)O)c1Cl. The van der Waals surface area contributed by atoms with Crippen LogP contribution in [0.25, 0.3) is 0 Å². The van der Waals surface area contributed by atoms with Gasteiger partial charge < -0.3 is 40.6 Å². The molecule has 2 unspecified atom stereocenters. The highest BCUT2D eigenvalue weighted by atomic mass is 35.5. The smallest absolute Gasteiger partial charge is 0.287 e. The zero-order valence-electron chi connectivity index (χ0n) is 86.8. The summed E-state index contributed by atoms with van der Waals surface area (Å²) in [6.07, 6.45) is 5.97. The van der Waals surface area contributed by atoms with Gasteiger partial charge in [-0.25, -0.2) is 39.5 Å². The summed E-state index contributed by atoms with van der Waals surface area (Å²) in [5, 5.41) is 56.8. The van der Waals surface area contributed by atoms with Gasteiger partial charge in [0.2, 0.25) is 5.91 Å². The number of thiophene rings is 9. The van der Waals surface area contributed by atoms with E-state index < -0.39 is 58.5 Å². The molecule has 3 saturated heterocycles. The number of alkyl halides is 3. The van der Waals surface area contributed by atoms with Crippen molar-refractivity contribution in [3.8, 4) is 0 Å². The minimum Gasteiger partial charge on any atom is -0.392 e. The van der Waals surface area contributed by atoms with Crippen LogP contribution >= 0.6 is 183 Å². The van der Waals surface area contributed by atoms with Crippen molar-refractivity contribution in [2.75, 3.05) is 92.4 Å². The summed E-state index contributed by atoms with van der Waals surface area (Å²) in [6.45, 7) is 37.1. The van der Waals surface area contributed by atoms with Crippen LogP contribution < -0.4 is 27.2 Å². The van der Waals surface area contributed by atoms with Gasteiger partial charge in [-0.05, 0) is 256 Å². The number of nitrogens with zero attached hydrogens (tertiary/aromatic N) is 3. The van der Waals surface area contributed by atoms with E-state index in [1.807, 2.05) is 92.8 Å². The van der Waals surface area contributed by atoms with Crippen LogP contribution in [0.1, 0.15) is 294 Å². The fourth-order valence-electron chi connectivity index (χ4n) is 13.1. The van der Waals surface area contributed by atoms with Crippen molar-refractivity contribution in [2.24, 2.45) is 0 Å². The van der Waals surface area contributed by atoms with Gasteiger partial charge in [0.25, 0.3) is 29.6 Å². The van der Waals surface area contributed by atoms with Crippen LogP contribution in [0.15, 0.2) is 51.9 Å². The van der Waals surface area contributed by atoms with Gasteiger partial charge >= 0.3 is 0 Å². The van der Waals surface area contributed by atoms with E-state index in [0.29, 0.717) is 157 Å². The van der Waals surface area contributed by atoms with Crippen molar-refractivity contribution in [2.45, 2.75) is 262 Å². The lowest BCUT2D eigenvalue weighted by atomic mass is 10.1. The van der Waals surface area contributed by atoms with Gasteiger partial charge in [-0.2, -0.15) is 0 Å². The van der Waals surface area contributed by atoms with Crippen molar-refractivity contribution in [1.82, 2.24) is 41.9 Å². The number of aryl methyl sites for hydroxylation is 9. The third-order valence-electron chi connectivity index (χ3n) is 21.1. The average molecular weight is 2390 g/mol. The molecule has 830 valence electrons. The Morgan fingerprint density at radius 1 is 0.450 bits per heavy atom. The summed E-state index contributed by atoms with van der Waals surface area (Å²) >= 11 is 53.6. The number of halogens is 11. The number of aliphatic hydroxyl groups is 5. The molecule has 0 bridgehead atoms. The molecule has 12 rings (SSSR count). The van der Waals surface area contributed by atoms with E-state index in [1.165, 1.54) is 105 Å². The standard InChI is InChI=1S/C13H16ClF2NOS.C13H17ClFNOS.C13H18ClNO2S.C12H15ClO2S.C11H17NO3S.C10H14ClNO3S.C10H12ClNO2S.C10H14FNO3S.C9H12ClNO3S/c1-9-7-10(12(14)19-9)11(18)3-2-5-17-6-4-13(15,16)8-17;1-9-7-11(13(14)18-9)12(17)3-2-5-16-6-4-10(15)8-16;1-9-7-11(13(14)18-9)12(17)3-2-5-15-6-4-10(16)8-15;1-3-9(14)5-4-6-11(15)10-7-8(2)16-12(10)13;1-7-5-16-9(8(7)2)10(13)12-15-6-11(3,4)14;1-6-4-16-8(7(6)11)9(13)12-15-5-10(2,3)14;1-6-5-7(10(11)15-6)8(13)3-4-9(14)12-2;1-6-4-16-8(7(6)11)9(13)12-15-5-10(2,3)14;1-5-4-15-8(7(5)10)9(13)11-14-3-6(2)12/h7H,2-6,8H2,1H3;7,10H,2-6,8H2,1H3;7,10,16H,2-6,8H2,1H3;7H,3-6H2,1-2H3;5,14H,6H2,1-4H3,(H,12,13);4,14H,5H2,1-3H3,(H,12,13);5H,3-4H2,1-2H3,(H,12,14);4,14H,5H2,1-3H3,(H,12,13);4,6,12H,3H2,1-2H3,(H,11,13)/t;;;;;;;;6-/m........0/s1. The van der Waals surface area contributed by atoms with E-state index in [9.17, 15) is 90.7 Å². The quantitative estimate of drug-likeness (QED) is 0.00966. The summed E-state index contributed by atoms with van der Waals surface area (Å²) in [6, 6.07) is 9.09. The first kappa shape index (κ1) is 135. The second-order valence-corrected chi connectivity index (χ2v) is 50.7. The number of ketones is 6. The molecule has 9 aromatic rings. The van der Waals surface area contributed by atoms with Crippen molar-refractivity contribution in [1.29, 1.82) is 0 Å². The number of carbonyl (C=O) groups is 11. The molecule has 9 aromatic heterocycles. The molecule has 28 nitrogen and oxygen atoms in total. The number of hydrogen-bond donors (Lipinski definition) is 10. The second kappa shape index (κ2) is 67.1. The molecule has 3 atom stereocenters. The molecule has 48 heteroatoms. The van der Waals surface area contributed by atoms with Crippen molar-refractivity contribution < 1.29 is 115 Å². The molecule has 3 aliphatic heterocycles. The van der Waals surface area contributed by atoms with Crippen LogP contribution in [0.2, 0.25) is 31.7 Å². The highest BCUT2D eigenvalue weighted by molar-refractivity contribution is 7.18. The first-order valence-corrected chi connectivity index (χ1v) is 57.6. The van der Waals surface area contributed by atoms with E-state index >= 15 is 0 Å². The molecule has 12 heterocycles. The molecule has 10 N–H and O–H groups in total. The number of carbonyl (C=O) groups excluding carboxylic acids is 11. The summed E-state index contributed by atoms with van der Waals surface area (Å²) < 4.78 is 55.0. The number of likely N-dealkylation sites (tertiary alicyclic amines) is 3. The van der Waals surface area contributed by atoms with Crippen molar-refractivity contribution in [3.05, 3.63) is 189 Å². The Bertz CT molecular complexity index is 5560. The largest absolute Gasteiger partial charge is 0.392 e. The van der Waals surface area contributed by atoms with Crippen molar-refractivity contribution >= 4 is 247 Å². The second-order valence-electron chi connectivity index (χ2n) is 37.1. The van der Waals surface area contributed by atoms with E-state index in [0.717, 1.165) is 110 Å². The van der Waals surface area contributed by atoms with Crippen LogP contribution in [0, 0.1) is 75.1 Å². The molecular formula is C101H135Cl7F4N8O20S9. The maximum Gasteiger partial charge on any atom is 0.287 e. The summed E-state index contributed by atoms with van der Waals surface area (Å²) in [4.78, 5) is 159. The molecule has 0 aromatic carbocycles. The molecule has 0 spiro atoms. The van der Waals surface area contributed by atoms with Crippen LogP contribution in [-0.4, -0.2) is 238 Å². The molecule has 0 aliphatic carbocycles. The van der Waals surface area contributed by atoms with Gasteiger partial charge in [0.1, 0.15) is 80.5 Å². The number of nitrogens with one attached hydrogen (secondary N) is 5. The Morgan fingerprint density at radius 2 is 0.779 bits per heavy atom. The predicted molar refractivity (Wildman–Crippen MR) is 596 cm³/mol. The number of hydrogen-bond acceptors (Lipinski definition) is 32. The minimum atomic E-state index is -2.56. The number of rotatable bonds is 41. The molecule has 149 heavy (non-hydrogen) atoms. The predicted octanol–water partition coefficient (Wildman–Crippen LogP) is 24.3. The first-order chi connectivity index (χ1) is 69.5. The normalized spacial score (nSPS) is 14.5. The average Bonchev–Trinajstić information content (AvgIpc) is 1.76. The van der Waals surface area contributed by atoms with Gasteiger partial charge in [0.05, 0.1) is 50.5 Å². The van der Waals surface area contributed by atoms with Gasteiger partial charge in [-0.15, -0.1) is 102 Å². The van der Waals surface area contributed by atoms with E-state index in [4.69, 9.17) is 106 Å². The maximum absolute atomic E-state index is 13.3. The zero-order valence-corrected chi connectivity index (χ0v) is 99.4. The lowest BCUT2D eigenvalue weighted by molar-refractivity contribution is -0.120. The van der Waals surface area contributed by atoms with Gasteiger partial charge in [0.15, 0.2) is 28.9 Å². The highest BCUT2D eigenvalue weighted by Crippen LogP contribution is 2.36. The fourth-order valence-corrected chi connectivity index (χ4v) is 23.6. The fraction of sp³-hybridized carbons (Fsp3) is 0.535. The van der Waals surface area contributed by atoms with Crippen molar-refractivity contribution in [3.63, 3.8) is 0 Å². The van der Waals surface area contributed by atoms with Gasteiger partial charge in [0, 0.05) is 150 Å². The molecular weight excluding hydrogens is 2260 g/mol. The summed E-state index contributed by atoms with van der Waals surface area (Å²) in [7, 11) is 1.55. The zero-order chi connectivity index (χ0) is 112. The van der Waals surface area contributed by atoms with E-state index in [-0.39, 0.29) is 110 Å². The summed E-state index contributed by atoms with van der Waals surface area (Å²) in [5.41, 5.74) is 13.1. The van der Waals surface area contributed by atoms with Gasteiger partial charge in [-0.3, -0.25) is 77.0 Å². The topological polar surface area (TPSA) is 396 Å². The highest BCUT2D eigenvalue weighted by Gasteiger charge is 2.38. The Morgan fingerprint density at radius 3 is 1.07 bits per heavy atom. The minimum absolute atomic E-state index is 0.000284. The third kappa shape index (κ3) is 52.1. The maximum atomic E-state index is 13.3. The summed E-state index contributed by atoms with van der Waals surface area (Å²) in [5.74, 6) is -4.51.